The van der Waals surface area contributed by atoms with Gasteiger partial charge in [-0.05, 0) is 54.3 Å². The van der Waals surface area contributed by atoms with Gasteiger partial charge in [0.05, 0.1) is 30.5 Å². The van der Waals surface area contributed by atoms with E-state index in [1.807, 2.05) is 0 Å². The van der Waals surface area contributed by atoms with E-state index >= 15 is 0 Å². The second-order valence-corrected chi connectivity index (χ2v) is 12.8. The van der Waals surface area contributed by atoms with Gasteiger partial charge in [-0.2, -0.15) is 10.2 Å². The highest BCUT2D eigenvalue weighted by atomic mass is 35.5. The number of hydrogen-bond donors (Lipinski definition) is 2. The summed E-state index contributed by atoms with van der Waals surface area (Å²) in [5, 5.41) is 11.6. The number of rotatable bonds is 7. The maximum Gasteiger partial charge on any atom is 0.255 e. The number of aromatic nitrogens is 2. The fourth-order valence-corrected chi connectivity index (χ4v) is 7.19. The van der Waals surface area contributed by atoms with Crippen LogP contribution in [0.2, 0.25) is 10.0 Å². The quantitative estimate of drug-likeness (QED) is 0.418. The zero-order valence-electron chi connectivity index (χ0n) is 21.8. The lowest BCUT2D eigenvalue weighted by Crippen LogP contribution is -2.59. The molecular formula is C28H29Cl2N5O4S. The lowest BCUT2D eigenvalue weighted by atomic mass is 9.76. The van der Waals surface area contributed by atoms with Crippen molar-refractivity contribution in [3.63, 3.8) is 0 Å². The average Bonchev–Trinajstić information content (AvgIpc) is 2.92. The molecule has 40 heavy (non-hydrogen) atoms. The van der Waals surface area contributed by atoms with Crippen LogP contribution in [0.3, 0.4) is 0 Å². The first kappa shape index (κ1) is 28.5. The van der Waals surface area contributed by atoms with Gasteiger partial charge in [0.15, 0.2) is 0 Å². The van der Waals surface area contributed by atoms with Gasteiger partial charge in [0, 0.05) is 33.9 Å². The average molecular weight is 603 g/mol. The van der Waals surface area contributed by atoms with Gasteiger partial charge in [-0.25, -0.2) is 13.1 Å². The maximum atomic E-state index is 14.3. The minimum Gasteiger partial charge on any atom is -0.350 e. The van der Waals surface area contributed by atoms with E-state index in [-0.39, 0.29) is 18.4 Å². The number of sulfonamides is 1. The molecule has 1 aliphatic carbocycles. The molecule has 5 rings (SSSR count). The first-order valence-electron chi connectivity index (χ1n) is 13.0. The van der Waals surface area contributed by atoms with E-state index in [1.165, 1.54) is 0 Å². The highest BCUT2D eigenvalue weighted by molar-refractivity contribution is 7.88. The molecule has 12 heteroatoms. The van der Waals surface area contributed by atoms with Crippen LogP contribution in [0.15, 0.2) is 60.8 Å². The normalized spacial score (nSPS) is 23.0. The van der Waals surface area contributed by atoms with Crippen molar-refractivity contribution in [2.24, 2.45) is 0 Å². The largest absolute Gasteiger partial charge is 0.350 e. The molecule has 2 heterocycles. The Morgan fingerprint density at radius 2 is 1.82 bits per heavy atom. The van der Waals surface area contributed by atoms with Crippen LogP contribution < -0.4 is 10.0 Å². The number of nitrogens with one attached hydrogen (secondary N) is 2. The highest BCUT2D eigenvalue weighted by Gasteiger charge is 2.49. The zero-order valence-corrected chi connectivity index (χ0v) is 24.1. The summed E-state index contributed by atoms with van der Waals surface area (Å²) >= 11 is 13.0. The third-order valence-electron chi connectivity index (χ3n) is 7.46. The molecule has 0 saturated heterocycles. The third-order valence-corrected chi connectivity index (χ3v) is 8.76. The fourth-order valence-electron chi connectivity index (χ4n) is 5.84. The topological polar surface area (TPSA) is 121 Å². The number of benzene rings is 2. The molecule has 1 saturated carbocycles. The minimum absolute atomic E-state index is 0.141. The lowest BCUT2D eigenvalue weighted by Gasteiger charge is -2.49. The van der Waals surface area contributed by atoms with E-state index in [4.69, 9.17) is 23.2 Å². The van der Waals surface area contributed by atoms with E-state index in [0.29, 0.717) is 45.3 Å². The van der Waals surface area contributed by atoms with Crippen LogP contribution in [0.25, 0.3) is 0 Å². The number of hydrogen-bond acceptors (Lipinski definition) is 6. The van der Waals surface area contributed by atoms with Crippen LogP contribution in [0.4, 0.5) is 0 Å². The molecule has 210 valence electrons. The summed E-state index contributed by atoms with van der Waals surface area (Å²) in [7, 11) is -3.56. The molecule has 9 nitrogen and oxygen atoms in total. The van der Waals surface area contributed by atoms with Crippen LogP contribution in [-0.4, -0.2) is 53.7 Å². The summed E-state index contributed by atoms with van der Waals surface area (Å²) in [5.74, 6) is -1.45. The van der Waals surface area contributed by atoms with Gasteiger partial charge >= 0.3 is 0 Å². The number of carbonyl (C=O) groups is 2. The Morgan fingerprint density at radius 3 is 2.55 bits per heavy atom. The van der Waals surface area contributed by atoms with Crippen LogP contribution in [-0.2, 0) is 21.4 Å². The number of fused-ring (bicyclic) bond motifs is 1. The standard InChI is InChI=1S/C28H29Cl2N5O4S/c1-40(38,39)34-23-10-4-5-11-24(23)35-26(21-13-12-17(29)15-22(21)30)25(19-8-2-3-9-20(19)28(35)37)27(36)31-16-18-7-6-14-32-33-18/h2-3,6-9,12-15,23-26,34H,4-5,10-11,16H2,1H3,(H,31,36)/t23?,24-,25+,26-/m0/s1. The van der Waals surface area contributed by atoms with Gasteiger partial charge < -0.3 is 10.2 Å². The molecule has 2 amide bonds. The monoisotopic (exact) mass is 601 g/mol. The molecule has 1 unspecified atom stereocenters. The highest BCUT2D eigenvalue weighted by Crippen LogP contribution is 2.47. The molecule has 2 aromatic carbocycles. The summed E-state index contributed by atoms with van der Waals surface area (Å²) < 4.78 is 27.4. The Hall–Kier alpha value is -3.05. The third kappa shape index (κ3) is 6.00. The van der Waals surface area contributed by atoms with Crippen molar-refractivity contribution in [3.05, 3.63) is 93.2 Å². The molecule has 4 atom stereocenters. The SMILES string of the molecule is CS(=O)(=O)NC1CCCC[C@@H]1N1C(=O)c2ccccc2[C@@H](C(=O)NCc2cccnn2)[C@@H]1c1ccc(Cl)cc1Cl. The van der Waals surface area contributed by atoms with Gasteiger partial charge in [-0.15, -0.1) is 0 Å². The number of halogens is 2. The molecule has 2 N–H and O–H groups in total. The predicted molar refractivity (Wildman–Crippen MR) is 152 cm³/mol. The van der Waals surface area contributed by atoms with E-state index in [0.717, 1.165) is 19.1 Å². The second-order valence-electron chi connectivity index (χ2n) is 10.2. The van der Waals surface area contributed by atoms with Crippen LogP contribution in [0.5, 0.6) is 0 Å². The Labute approximate surface area is 243 Å². The summed E-state index contributed by atoms with van der Waals surface area (Å²) in [6.07, 6.45) is 5.42. The molecule has 0 radical (unpaired) electrons. The zero-order chi connectivity index (χ0) is 28.4. The van der Waals surface area contributed by atoms with Crippen molar-refractivity contribution in [1.29, 1.82) is 0 Å². The Bertz CT molecular complexity index is 1520. The molecule has 1 aromatic heterocycles. The van der Waals surface area contributed by atoms with Gasteiger partial charge in [0.2, 0.25) is 15.9 Å². The van der Waals surface area contributed by atoms with E-state index in [1.54, 1.807) is 65.7 Å². The molecular weight excluding hydrogens is 573 g/mol. The number of nitrogens with zero attached hydrogens (tertiary/aromatic N) is 3. The van der Waals surface area contributed by atoms with E-state index in [2.05, 4.69) is 20.2 Å². The fraction of sp³-hybridized carbons (Fsp3) is 0.357. The summed E-state index contributed by atoms with van der Waals surface area (Å²) in [6, 6.07) is 13.7. The minimum atomic E-state index is -3.56. The Morgan fingerprint density at radius 1 is 1.05 bits per heavy atom. The van der Waals surface area contributed by atoms with Crippen molar-refractivity contribution < 1.29 is 18.0 Å². The Kier molecular flexibility index (Phi) is 8.42. The lowest BCUT2D eigenvalue weighted by molar-refractivity contribution is -0.124. The smallest absolute Gasteiger partial charge is 0.255 e. The van der Waals surface area contributed by atoms with Crippen molar-refractivity contribution in [1.82, 2.24) is 25.1 Å². The van der Waals surface area contributed by atoms with Crippen molar-refractivity contribution in [2.45, 2.75) is 56.3 Å². The van der Waals surface area contributed by atoms with Gasteiger partial charge in [0.1, 0.15) is 0 Å². The maximum absolute atomic E-state index is 14.3. The molecule has 2 aliphatic rings. The van der Waals surface area contributed by atoms with Gasteiger partial charge in [-0.1, -0.05) is 60.3 Å². The van der Waals surface area contributed by atoms with Crippen LogP contribution in [0.1, 0.15) is 64.8 Å². The van der Waals surface area contributed by atoms with Crippen molar-refractivity contribution in [2.75, 3.05) is 6.26 Å². The molecule has 1 fully saturated rings. The van der Waals surface area contributed by atoms with Crippen LogP contribution in [0, 0.1) is 0 Å². The summed E-state index contributed by atoms with van der Waals surface area (Å²) in [4.78, 5) is 30.0. The second kappa shape index (κ2) is 11.8. The van der Waals surface area contributed by atoms with E-state index in [9.17, 15) is 18.0 Å². The predicted octanol–water partition coefficient (Wildman–Crippen LogP) is 4.24. The number of amides is 2. The summed E-state index contributed by atoms with van der Waals surface area (Å²) in [6.45, 7) is 0.141. The molecule has 1 aliphatic heterocycles. The first-order valence-corrected chi connectivity index (χ1v) is 15.7. The van der Waals surface area contributed by atoms with Crippen LogP contribution >= 0.6 is 23.2 Å². The van der Waals surface area contributed by atoms with Crippen molar-refractivity contribution >= 4 is 45.0 Å². The van der Waals surface area contributed by atoms with Gasteiger partial charge in [0.25, 0.3) is 5.91 Å². The summed E-state index contributed by atoms with van der Waals surface area (Å²) in [5.41, 5.74) is 2.10. The molecule has 0 spiro atoms. The Balaban J connectivity index is 1.65. The van der Waals surface area contributed by atoms with Crippen molar-refractivity contribution in [3.8, 4) is 0 Å². The molecule has 0 bridgehead atoms. The van der Waals surface area contributed by atoms with Gasteiger partial charge in [-0.3, -0.25) is 9.59 Å². The first-order chi connectivity index (χ1) is 19.1. The molecule has 3 aromatic rings. The number of carbonyl (C=O) groups excluding carboxylic acids is 2. The van der Waals surface area contributed by atoms with E-state index < -0.39 is 34.1 Å².